The van der Waals surface area contributed by atoms with E-state index in [-0.39, 0.29) is 47.0 Å². The minimum absolute atomic E-state index is 0.0360. The molecule has 198 valence electrons. The van der Waals surface area contributed by atoms with E-state index in [1.807, 2.05) is 4.90 Å². The smallest absolute Gasteiger partial charge is 0.392 e. The van der Waals surface area contributed by atoms with Crippen molar-refractivity contribution in [2.45, 2.75) is 55.9 Å². The van der Waals surface area contributed by atoms with Gasteiger partial charge < -0.3 is 14.8 Å². The number of halogens is 4. The van der Waals surface area contributed by atoms with Gasteiger partial charge in [-0.05, 0) is 25.1 Å². The molecular formula is C23H28F4N4O4S. The minimum Gasteiger partial charge on any atom is -0.474 e. The van der Waals surface area contributed by atoms with E-state index >= 15 is 0 Å². The van der Waals surface area contributed by atoms with E-state index in [2.05, 4.69) is 15.3 Å². The quantitative estimate of drug-likeness (QED) is 0.537. The molecule has 4 atom stereocenters. The maximum Gasteiger partial charge on any atom is 0.392 e. The first-order valence-corrected chi connectivity index (χ1v) is 13.4. The van der Waals surface area contributed by atoms with Crippen LogP contribution in [0.1, 0.15) is 25.3 Å². The van der Waals surface area contributed by atoms with Crippen molar-refractivity contribution < 1.29 is 35.5 Å². The Labute approximate surface area is 206 Å². The minimum atomic E-state index is -4.26. The van der Waals surface area contributed by atoms with Crippen molar-refractivity contribution in [1.29, 1.82) is 0 Å². The number of rotatable bonds is 7. The molecule has 3 unspecified atom stereocenters. The van der Waals surface area contributed by atoms with Gasteiger partial charge in [0.25, 0.3) is 0 Å². The molecule has 3 heterocycles. The van der Waals surface area contributed by atoms with E-state index in [0.717, 1.165) is 12.3 Å². The summed E-state index contributed by atoms with van der Waals surface area (Å²) in [5.74, 6) is -1.64. The summed E-state index contributed by atoms with van der Waals surface area (Å²) in [4.78, 5) is 10.1. The van der Waals surface area contributed by atoms with Gasteiger partial charge in [0.1, 0.15) is 24.1 Å². The fourth-order valence-electron chi connectivity index (χ4n) is 4.55. The summed E-state index contributed by atoms with van der Waals surface area (Å²) in [6.07, 6.45) is -1.32. The van der Waals surface area contributed by atoms with Crippen molar-refractivity contribution >= 4 is 21.3 Å². The number of benzene rings is 1. The zero-order valence-electron chi connectivity index (χ0n) is 20.0. The third kappa shape index (κ3) is 5.89. The van der Waals surface area contributed by atoms with Gasteiger partial charge in [0, 0.05) is 37.7 Å². The van der Waals surface area contributed by atoms with Crippen molar-refractivity contribution in [2.24, 2.45) is 5.92 Å². The number of hydrogen-bond acceptors (Lipinski definition) is 8. The van der Waals surface area contributed by atoms with Gasteiger partial charge >= 0.3 is 6.18 Å². The molecule has 2 bridgehead atoms. The Morgan fingerprint density at radius 1 is 1.22 bits per heavy atom. The highest BCUT2D eigenvalue weighted by molar-refractivity contribution is 7.90. The molecule has 0 saturated carbocycles. The number of anilines is 2. The first kappa shape index (κ1) is 26.6. The van der Waals surface area contributed by atoms with Crippen LogP contribution in [0, 0.1) is 18.7 Å². The number of ether oxygens (including phenoxy) is 2. The van der Waals surface area contributed by atoms with E-state index in [1.165, 1.54) is 25.4 Å². The number of alkyl halides is 3. The topological polar surface area (TPSA) is 93.7 Å². The lowest BCUT2D eigenvalue weighted by Crippen LogP contribution is -2.60. The van der Waals surface area contributed by atoms with Crippen LogP contribution in [0.15, 0.2) is 29.4 Å². The maximum absolute atomic E-state index is 14.5. The molecular weight excluding hydrogens is 504 g/mol. The highest BCUT2D eigenvalue weighted by Gasteiger charge is 2.44. The Kier molecular flexibility index (Phi) is 7.45. The van der Waals surface area contributed by atoms with Crippen LogP contribution in [0.25, 0.3) is 0 Å². The van der Waals surface area contributed by atoms with Gasteiger partial charge in [-0.15, -0.1) is 0 Å². The van der Waals surface area contributed by atoms with Crippen LogP contribution < -0.4 is 10.1 Å². The van der Waals surface area contributed by atoms with Crippen molar-refractivity contribution in [3.05, 3.63) is 35.9 Å². The fourth-order valence-corrected chi connectivity index (χ4v) is 5.18. The highest BCUT2D eigenvalue weighted by Crippen LogP contribution is 2.35. The molecule has 36 heavy (non-hydrogen) atoms. The van der Waals surface area contributed by atoms with Gasteiger partial charge in [-0.25, -0.2) is 22.8 Å². The van der Waals surface area contributed by atoms with Crippen LogP contribution >= 0.6 is 0 Å². The van der Waals surface area contributed by atoms with E-state index in [4.69, 9.17) is 9.47 Å². The molecule has 2 fully saturated rings. The lowest BCUT2D eigenvalue weighted by molar-refractivity contribution is -0.187. The van der Waals surface area contributed by atoms with Crippen molar-refractivity contribution in [1.82, 2.24) is 14.9 Å². The van der Waals surface area contributed by atoms with E-state index in [9.17, 15) is 26.0 Å². The van der Waals surface area contributed by atoms with E-state index in [0.29, 0.717) is 31.6 Å². The number of morpholine rings is 1. The molecule has 2 saturated heterocycles. The Morgan fingerprint density at radius 2 is 1.89 bits per heavy atom. The Hall–Kier alpha value is -2.51. The van der Waals surface area contributed by atoms with Gasteiger partial charge in [0.15, 0.2) is 9.84 Å². The Morgan fingerprint density at radius 3 is 2.47 bits per heavy atom. The molecule has 1 aromatic heterocycles. The summed E-state index contributed by atoms with van der Waals surface area (Å²) in [7, 11) is -3.55. The SMILES string of the molecule is Cc1c(Nc2ccc(S(C)(=O)=O)cc2F)ncnc1OC1CC2COC[C@H](C1)N2CC(C)C(F)(F)F. The molecule has 0 amide bonds. The second-order valence-electron chi connectivity index (χ2n) is 9.39. The number of piperidine rings is 1. The molecule has 2 aliphatic rings. The molecule has 1 N–H and O–H groups in total. The first-order chi connectivity index (χ1) is 16.8. The molecule has 0 aliphatic carbocycles. The van der Waals surface area contributed by atoms with Crippen LogP contribution in [-0.2, 0) is 14.6 Å². The molecule has 13 heteroatoms. The van der Waals surface area contributed by atoms with Crippen LogP contribution in [0.3, 0.4) is 0 Å². The monoisotopic (exact) mass is 532 g/mol. The standard InChI is InChI=1S/C23H28F4N4O4S/c1-13(23(25,26)27)9-31-15-6-17(7-16(31)11-34-10-15)35-22-14(2)21(28-12-29-22)30-20-5-4-18(8-19(20)24)36(3,32)33/h4-5,8,12-13,15-17H,6-7,9-11H2,1-3H3,(H,28,29,30)/t13?,15-,16?,17?/m0/s1. The summed E-state index contributed by atoms with van der Waals surface area (Å²) in [5, 5.41) is 2.84. The highest BCUT2D eigenvalue weighted by atomic mass is 32.2. The number of hydrogen-bond donors (Lipinski definition) is 1. The predicted molar refractivity (Wildman–Crippen MR) is 124 cm³/mol. The third-order valence-electron chi connectivity index (χ3n) is 6.61. The van der Waals surface area contributed by atoms with Crippen LogP contribution in [0.2, 0.25) is 0 Å². The summed E-state index contributed by atoms with van der Waals surface area (Å²) in [6.45, 7) is 3.47. The number of sulfone groups is 1. The van der Waals surface area contributed by atoms with Gasteiger partial charge in [0.2, 0.25) is 5.88 Å². The van der Waals surface area contributed by atoms with E-state index < -0.39 is 27.7 Å². The van der Waals surface area contributed by atoms with Crippen molar-refractivity contribution in [3.63, 3.8) is 0 Å². The predicted octanol–water partition coefficient (Wildman–Crippen LogP) is 3.88. The van der Waals surface area contributed by atoms with Crippen LogP contribution in [0.5, 0.6) is 5.88 Å². The second kappa shape index (κ2) is 10.1. The average molecular weight is 533 g/mol. The van der Waals surface area contributed by atoms with Gasteiger partial charge in [-0.3, -0.25) is 4.90 Å². The average Bonchev–Trinajstić information content (AvgIpc) is 2.76. The van der Waals surface area contributed by atoms with Gasteiger partial charge in [-0.1, -0.05) is 6.92 Å². The molecule has 0 spiro atoms. The van der Waals surface area contributed by atoms with Crippen LogP contribution in [-0.4, -0.2) is 73.7 Å². The van der Waals surface area contributed by atoms with E-state index in [1.54, 1.807) is 6.92 Å². The normalized spacial score (nSPS) is 23.8. The molecule has 1 aromatic carbocycles. The van der Waals surface area contributed by atoms with Crippen molar-refractivity contribution in [3.8, 4) is 5.88 Å². The largest absolute Gasteiger partial charge is 0.474 e. The molecule has 4 rings (SSSR count). The lowest BCUT2D eigenvalue weighted by Gasteiger charge is -2.49. The lowest BCUT2D eigenvalue weighted by atomic mass is 9.90. The number of aromatic nitrogens is 2. The summed E-state index contributed by atoms with van der Waals surface area (Å²) >= 11 is 0. The summed E-state index contributed by atoms with van der Waals surface area (Å²) < 4.78 is 88.9. The number of nitrogens with one attached hydrogen (secondary N) is 1. The molecule has 8 nitrogen and oxygen atoms in total. The number of nitrogens with zero attached hydrogens (tertiary/aromatic N) is 3. The summed E-state index contributed by atoms with van der Waals surface area (Å²) in [6, 6.07) is 3.14. The van der Waals surface area contributed by atoms with Gasteiger partial charge in [-0.2, -0.15) is 13.2 Å². The van der Waals surface area contributed by atoms with Crippen LogP contribution in [0.4, 0.5) is 29.1 Å². The molecule has 2 aromatic rings. The second-order valence-corrected chi connectivity index (χ2v) is 11.4. The number of fused-ring (bicyclic) bond motifs is 2. The summed E-state index contributed by atoms with van der Waals surface area (Å²) in [5.41, 5.74) is 0.549. The molecule has 0 radical (unpaired) electrons. The zero-order valence-corrected chi connectivity index (χ0v) is 20.9. The first-order valence-electron chi connectivity index (χ1n) is 11.5. The third-order valence-corrected chi connectivity index (χ3v) is 7.72. The maximum atomic E-state index is 14.5. The fraction of sp³-hybridized carbons (Fsp3) is 0.565. The van der Waals surface area contributed by atoms with Crippen molar-refractivity contribution in [2.75, 3.05) is 31.3 Å². The van der Waals surface area contributed by atoms with Gasteiger partial charge in [0.05, 0.1) is 35.3 Å². The Bertz CT molecular complexity index is 1200. The molecule has 2 aliphatic heterocycles. The zero-order chi connectivity index (χ0) is 26.3. The Balaban J connectivity index is 1.46.